The molecule has 3 aromatic heterocycles. The molecule has 0 unspecified atom stereocenters. The second-order valence-electron chi connectivity index (χ2n) is 10.5. The van der Waals surface area contributed by atoms with Crippen LogP contribution in [0.2, 0.25) is 15.1 Å². The number of aromatic nitrogens is 9. The summed E-state index contributed by atoms with van der Waals surface area (Å²) in [6.07, 6.45) is 8.36. The maximum absolute atomic E-state index is 11.9. The second-order valence-corrected chi connectivity index (χ2v) is 11.7. The third-order valence-electron chi connectivity index (χ3n) is 6.30. The molecule has 0 fully saturated rings. The summed E-state index contributed by atoms with van der Waals surface area (Å²) in [5, 5.41) is 37.4. The molecule has 3 heterocycles. The summed E-state index contributed by atoms with van der Waals surface area (Å²) in [6, 6.07) is 15.6. The molecule has 5 N–H and O–H groups in total. The Bertz CT molecular complexity index is 2090. The first-order valence-corrected chi connectivity index (χ1v) is 16.0. The van der Waals surface area contributed by atoms with Crippen LogP contribution in [0.5, 0.6) is 0 Å². The van der Waals surface area contributed by atoms with Crippen molar-refractivity contribution in [2.24, 2.45) is 0 Å². The number of halogens is 3. The first-order chi connectivity index (χ1) is 25.6. The molecule has 280 valence electrons. The lowest BCUT2D eigenvalue weighted by Crippen LogP contribution is -2.22. The Morgan fingerprint density at radius 2 is 0.889 bits per heavy atom. The first-order valence-electron chi connectivity index (χ1n) is 14.9. The van der Waals surface area contributed by atoms with Crippen LogP contribution in [-0.2, 0) is 9.59 Å². The summed E-state index contributed by atoms with van der Waals surface area (Å²) in [7, 11) is 0. The Morgan fingerprint density at radius 3 is 1.30 bits per heavy atom. The molecule has 0 aliphatic heterocycles. The van der Waals surface area contributed by atoms with E-state index in [1.165, 1.54) is 58.1 Å². The summed E-state index contributed by atoms with van der Waals surface area (Å²) in [5.74, 6) is -4.50. The molecule has 0 aliphatic rings. The van der Waals surface area contributed by atoms with Crippen molar-refractivity contribution in [2.75, 3.05) is 16.3 Å². The number of hydrogen-bond donors (Lipinski definition) is 5. The van der Waals surface area contributed by atoms with Gasteiger partial charge in [0.25, 0.3) is 17.7 Å². The molecule has 6 rings (SSSR count). The van der Waals surface area contributed by atoms with E-state index in [0.717, 1.165) is 16.7 Å². The normalized spacial score (nSPS) is 9.81. The Balaban J connectivity index is 0.000000202. The van der Waals surface area contributed by atoms with Crippen LogP contribution in [0.3, 0.4) is 0 Å². The van der Waals surface area contributed by atoms with Gasteiger partial charge in [0.15, 0.2) is 0 Å². The Kier molecular flexibility index (Phi) is 15.7. The Morgan fingerprint density at radius 1 is 0.500 bits per heavy atom. The van der Waals surface area contributed by atoms with Crippen molar-refractivity contribution in [2.45, 2.75) is 20.8 Å². The molecular weight excluding hydrogens is 771 g/mol. The van der Waals surface area contributed by atoms with E-state index in [0.29, 0.717) is 31.8 Å². The number of benzene rings is 3. The third kappa shape index (κ3) is 13.5. The molecule has 54 heavy (non-hydrogen) atoms. The van der Waals surface area contributed by atoms with Crippen molar-refractivity contribution in [1.82, 2.24) is 44.6 Å². The van der Waals surface area contributed by atoms with Crippen molar-refractivity contribution >= 4 is 64.5 Å². The maximum Gasteiger partial charge on any atom is 0.414 e. The van der Waals surface area contributed by atoms with Crippen LogP contribution in [-0.4, -0.2) is 84.5 Å². The van der Waals surface area contributed by atoms with Gasteiger partial charge >= 0.3 is 11.9 Å². The van der Waals surface area contributed by atoms with Gasteiger partial charge in [0.05, 0.1) is 21.2 Å². The number of nitrogens with zero attached hydrogens (tertiary/aromatic N) is 9. The molecule has 3 aromatic carbocycles. The van der Waals surface area contributed by atoms with Gasteiger partial charge in [-0.05, 0) is 68.3 Å². The number of amides is 3. The average molecular weight is 800 g/mol. The average Bonchev–Trinajstić information content (AvgIpc) is 3.92. The zero-order valence-corrected chi connectivity index (χ0v) is 30.5. The van der Waals surface area contributed by atoms with Crippen LogP contribution >= 0.6 is 34.8 Å². The van der Waals surface area contributed by atoms with Crippen molar-refractivity contribution in [3.63, 3.8) is 0 Å². The van der Waals surface area contributed by atoms with Crippen LogP contribution in [0.15, 0.2) is 92.6 Å². The third-order valence-corrected chi connectivity index (χ3v) is 7.18. The Hall–Kier alpha value is -6.70. The number of carboxylic acids is 2. The number of carbonyl (C=O) groups is 5. The fraction of sp³-hybridized carbons (Fsp3) is 0.0938. The lowest BCUT2D eigenvalue weighted by Gasteiger charge is -2.07. The number of nitrogens with one attached hydrogen (secondary N) is 3. The van der Waals surface area contributed by atoms with Crippen molar-refractivity contribution in [3.05, 3.63) is 141 Å². The number of hydrogen-bond acceptors (Lipinski definition) is 11. The van der Waals surface area contributed by atoms with Crippen molar-refractivity contribution in [1.29, 1.82) is 0 Å². The fourth-order valence-corrected chi connectivity index (χ4v) is 4.55. The van der Waals surface area contributed by atoms with Gasteiger partial charge in [0.1, 0.15) is 38.0 Å². The number of aliphatic carboxylic acids is 2. The summed E-state index contributed by atoms with van der Waals surface area (Å²) in [4.78, 5) is 53.6. The predicted molar refractivity (Wildman–Crippen MR) is 195 cm³/mol. The zero-order valence-electron chi connectivity index (χ0n) is 28.3. The van der Waals surface area contributed by atoms with E-state index in [9.17, 15) is 14.4 Å². The highest BCUT2D eigenvalue weighted by Crippen LogP contribution is 2.21. The molecular formula is C32H29Cl3N12O7. The molecule has 0 bridgehead atoms. The summed E-state index contributed by atoms with van der Waals surface area (Å²) in [6.45, 7) is 5.82. The summed E-state index contributed by atoms with van der Waals surface area (Å²) >= 11 is 17.6. The Labute approximate surface area is 320 Å². The molecule has 0 saturated carbocycles. The molecule has 19 nitrogen and oxygen atoms in total. The van der Waals surface area contributed by atoms with Crippen LogP contribution < -0.4 is 16.3 Å². The number of aryl methyl sites for hydroxylation is 3. The lowest BCUT2D eigenvalue weighted by atomic mass is 10.1. The van der Waals surface area contributed by atoms with Gasteiger partial charge in [-0.2, -0.15) is 0 Å². The van der Waals surface area contributed by atoms with Gasteiger partial charge in [-0.25, -0.2) is 23.6 Å². The quantitative estimate of drug-likeness (QED) is 0.149. The minimum absolute atomic E-state index is 0.169. The predicted octanol–water partition coefficient (Wildman–Crippen LogP) is 4.03. The van der Waals surface area contributed by atoms with Gasteiger partial charge < -0.3 is 10.2 Å². The molecule has 0 aliphatic carbocycles. The van der Waals surface area contributed by atoms with Gasteiger partial charge in [-0.1, -0.05) is 58.6 Å². The topological polar surface area (TPSA) is 254 Å². The largest absolute Gasteiger partial charge is 0.473 e. The molecule has 0 radical (unpaired) electrons. The van der Waals surface area contributed by atoms with E-state index in [1.54, 1.807) is 24.3 Å². The van der Waals surface area contributed by atoms with Gasteiger partial charge in [0, 0.05) is 10.6 Å². The smallest absolute Gasteiger partial charge is 0.414 e. The van der Waals surface area contributed by atoms with Crippen LogP contribution in [0, 0.1) is 20.8 Å². The van der Waals surface area contributed by atoms with E-state index in [-0.39, 0.29) is 17.7 Å². The SMILES string of the molecule is Cc1ccc(C(=O)Nn2cnnc2)c(C)c1.Cc1ccc(C(=O)Nn2cnnc2)c(Cl)c1.O=C(Nn1cnnc1)c1cc(Cl)ccc1Cl.O=C(O)C(=O)O. The lowest BCUT2D eigenvalue weighted by molar-refractivity contribution is -0.159. The van der Waals surface area contributed by atoms with Gasteiger partial charge in [-0.15, -0.1) is 30.6 Å². The molecule has 0 spiro atoms. The summed E-state index contributed by atoms with van der Waals surface area (Å²) < 4.78 is 4.10. The van der Waals surface area contributed by atoms with Crippen molar-refractivity contribution < 1.29 is 34.2 Å². The summed E-state index contributed by atoms with van der Waals surface area (Å²) in [5.41, 5.74) is 12.2. The fourth-order valence-electron chi connectivity index (χ4n) is 3.85. The van der Waals surface area contributed by atoms with Crippen LogP contribution in [0.1, 0.15) is 47.8 Å². The van der Waals surface area contributed by atoms with E-state index in [4.69, 9.17) is 54.6 Å². The van der Waals surface area contributed by atoms with Crippen LogP contribution in [0.4, 0.5) is 0 Å². The second kappa shape index (κ2) is 20.4. The molecule has 3 amide bonds. The number of carboxylic acid groups (broad SMARTS) is 2. The highest BCUT2D eigenvalue weighted by molar-refractivity contribution is 6.36. The van der Waals surface area contributed by atoms with E-state index in [2.05, 4.69) is 46.9 Å². The highest BCUT2D eigenvalue weighted by Gasteiger charge is 2.12. The van der Waals surface area contributed by atoms with E-state index in [1.807, 2.05) is 45.0 Å². The molecule has 0 saturated heterocycles. The van der Waals surface area contributed by atoms with E-state index >= 15 is 0 Å². The minimum atomic E-state index is -1.82. The van der Waals surface area contributed by atoms with E-state index < -0.39 is 11.9 Å². The number of rotatable bonds is 6. The van der Waals surface area contributed by atoms with Crippen molar-refractivity contribution in [3.8, 4) is 0 Å². The van der Waals surface area contributed by atoms with Gasteiger partial charge in [0.2, 0.25) is 0 Å². The van der Waals surface area contributed by atoms with Crippen LogP contribution in [0.25, 0.3) is 0 Å². The monoisotopic (exact) mass is 798 g/mol. The standard InChI is InChI=1S/C11H12N4O.C10H9ClN4O.C9H6Cl2N4O.C2H2O4/c1-8-3-4-10(9(2)5-8)11(16)14-15-6-12-13-7-15;1-7-2-3-8(9(11)4-7)10(16)14-15-5-12-13-6-15;10-6-1-2-8(11)7(3-6)9(16)14-15-4-12-13-5-15;3-1(4)2(5)6/h3-7H,1-2H3,(H,14,16);2-6H,1H3,(H,14,16);1-5H,(H,14,16);(H,3,4)(H,5,6). The minimum Gasteiger partial charge on any atom is -0.473 e. The highest BCUT2D eigenvalue weighted by atomic mass is 35.5. The number of carbonyl (C=O) groups excluding carboxylic acids is 3. The first kappa shape index (κ1) is 41.7. The molecule has 0 atom stereocenters. The molecule has 22 heteroatoms. The molecule has 6 aromatic rings. The zero-order chi connectivity index (χ0) is 39.8. The maximum atomic E-state index is 11.9. The van der Waals surface area contributed by atoms with Gasteiger partial charge in [-0.3, -0.25) is 30.7 Å².